The fourth-order valence-corrected chi connectivity index (χ4v) is 1.15. The number of hydrogen-bond donors (Lipinski definition) is 1. The van der Waals surface area contributed by atoms with E-state index in [0.717, 1.165) is 0 Å². The van der Waals surface area contributed by atoms with Crippen molar-refractivity contribution in [2.75, 3.05) is 33.4 Å². The lowest BCUT2D eigenvalue weighted by Crippen LogP contribution is -2.42. The quantitative estimate of drug-likeness (QED) is 0.596. The van der Waals surface area contributed by atoms with Crippen LogP contribution in [0.3, 0.4) is 0 Å². The Morgan fingerprint density at radius 3 is 2.44 bits per heavy atom. The maximum atomic E-state index is 11.7. The number of carboxylic acids is 1. The normalized spacial score (nSPS) is 12.2. The zero-order valence-electron chi connectivity index (χ0n) is 9.93. The van der Waals surface area contributed by atoms with Crippen LogP contribution in [0.2, 0.25) is 0 Å². The minimum absolute atomic E-state index is 0.298. The van der Waals surface area contributed by atoms with Crippen LogP contribution in [0, 0.1) is 0 Å². The summed E-state index contributed by atoms with van der Waals surface area (Å²) < 4.78 is 9.98. The Kier molecular flexibility index (Phi) is 7.49. The molecule has 0 saturated heterocycles. The standard InChI is InChI=1S/C10H19NO5/c1-4-11(7-9(12)13)10(14)8(2)16-6-5-15-3/h8H,4-7H2,1-3H3,(H,12,13). The van der Waals surface area contributed by atoms with Crippen molar-refractivity contribution in [1.82, 2.24) is 4.90 Å². The van der Waals surface area contributed by atoms with Crippen molar-refractivity contribution >= 4 is 11.9 Å². The predicted molar refractivity (Wildman–Crippen MR) is 57.2 cm³/mol. The van der Waals surface area contributed by atoms with E-state index < -0.39 is 12.1 Å². The van der Waals surface area contributed by atoms with Gasteiger partial charge in [0.15, 0.2) is 0 Å². The SMILES string of the molecule is CCN(CC(=O)O)C(=O)C(C)OCCOC. The van der Waals surface area contributed by atoms with Gasteiger partial charge in [-0.2, -0.15) is 0 Å². The highest BCUT2D eigenvalue weighted by molar-refractivity contribution is 5.84. The average molecular weight is 233 g/mol. The summed E-state index contributed by atoms with van der Waals surface area (Å²) in [5.74, 6) is -1.35. The van der Waals surface area contributed by atoms with Crippen LogP contribution in [0.4, 0.5) is 0 Å². The lowest BCUT2D eigenvalue weighted by Gasteiger charge is -2.22. The van der Waals surface area contributed by atoms with E-state index >= 15 is 0 Å². The Morgan fingerprint density at radius 1 is 1.38 bits per heavy atom. The molecule has 0 aromatic rings. The maximum absolute atomic E-state index is 11.7. The molecular weight excluding hydrogens is 214 g/mol. The second-order valence-electron chi connectivity index (χ2n) is 3.25. The summed E-state index contributed by atoms with van der Waals surface area (Å²) in [5.41, 5.74) is 0. The molecule has 0 saturated carbocycles. The van der Waals surface area contributed by atoms with Crippen molar-refractivity contribution < 1.29 is 24.2 Å². The molecule has 0 aliphatic rings. The molecule has 6 heteroatoms. The van der Waals surface area contributed by atoms with Gasteiger partial charge in [-0.3, -0.25) is 9.59 Å². The van der Waals surface area contributed by atoms with Crippen molar-refractivity contribution in [2.24, 2.45) is 0 Å². The molecule has 0 aromatic carbocycles. The minimum Gasteiger partial charge on any atom is -0.480 e. The molecule has 1 N–H and O–H groups in total. The fourth-order valence-electron chi connectivity index (χ4n) is 1.15. The molecule has 0 spiro atoms. The zero-order chi connectivity index (χ0) is 12.6. The van der Waals surface area contributed by atoms with Crippen molar-refractivity contribution in [3.8, 4) is 0 Å². The summed E-state index contributed by atoms with van der Waals surface area (Å²) in [6.07, 6.45) is -0.644. The van der Waals surface area contributed by atoms with E-state index in [-0.39, 0.29) is 12.5 Å². The molecule has 0 rings (SSSR count). The molecule has 6 nitrogen and oxygen atoms in total. The van der Waals surface area contributed by atoms with E-state index in [1.807, 2.05) is 0 Å². The third-order valence-electron chi connectivity index (χ3n) is 2.02. The summed E-state index contributed by atoms with van der Waals surface area (Å²) in [4.78, 5) is 23.4. The van der Waals surface area contributed by atoms with E-state index in [0.29, 0.717) is 19.8 Å². The lowest BCUT2D eigenvalue weighted by atomic mass is 10.3. The van der Waals surface area contributed by atoms with Crippen molar-refractivity contribution in [3.63, 3.8) is 0 Å². The first-order valence-corrected chi connectivity index (χ1v) is 5.14. The van der Waals surface area contributed by atoms with Crippen LogP contribution >= 0.6 is 0 Å². The second-order valence-corrected chi connectivity index (χ2v) is 3.25. The first-order valence-electron chi connectivity index (χ1n) is 5.14. The van der Waals surface area contributed by atoms with Crippen LogP contribution in [0.5, 0.6) is 0 Å². The third-order valence-corrected chi connectivity index (χ3v) is 2.02. The molecule has 0 radical (unpaired) electrons. The second kappa shape index (κ2) is 8.06. The smallest absolute Gasteiger partial charge is 0.323 e. The van der Waals surface area contributed by atoms with E-state index in [1.165, 1.54) is 4.90 Å². The summed E-state index contributed by atoms with van der Waals surface area (Å²) >= 11 is 0. The van der Waals surface area contributed by atoms with Gasteiger partial charge >= 0.3 is 5.97 Å². The number of ether oxygens (including phenoxy) is 2. The van der Waals surface area contributed by atoms with Crippen LogP contribution in [0.1, 0.15) is 13.8 Å². The van der Waals surface area contributed by atoms with Gasteiger partial charge in [0.1, 0.15) is 12.6 Å². The highest BCUT2D eigenvalue weighted by atomic mass is 16.5. The number of carboxylic acid groups (broad SMARTS) is 1. The van der Waals surface area contributed by atoms with Crippen molar-refractivity contribution in [2.45, 2.75) is 20.0 Å². The van der Waals surface area contributed by atoms with Crippen LogP contribution in [0.15, 0.2) is 0 Å². The molecule has 0 aromatic heterocycles. The highest BCUT2D eigenvalue weighted by Crippen LogP contribution is 1.99. The number of methoxy groups -OCH3 is 1. The van der Waals surface area contributed by atoms with Gasteiger partial charge in [-0.05, 0) is 13.8 Å². The Hall–Kier alpha value is -1.14. The van der Waals surface area contributed by atoms with Gasteiger partial charge in [0, 0.05) is 13.7 Å². The summed E-state index contributed by atoms with van der Waals surface area (Å²) in [5, 5.41) is 8.61. The molecule has 16 heavy (non-hydrogen) atoms. The monoisotopic (exact) mass is 233 g/mol. The van der Waals surface area contributed by atoms with Gasteiger partial charge in [-0.25, -0.2) is 0 Å². The molecule has 0 aliphatic heterocycles. The average Bonchev–Trinajstić information content (AvgIpc) is 2.24. The molecule has 0 bridgehead atoms. The van der Waals surface area contributed by atoms with Crippen molar-refractivity contribution in [1.29, 1.82) is 0 Å². The van der Waals surface area contributed by atoms with Gasteiger partial charge < -0.3 is 19.5 Å². The summed E-state index contributed by atoms with van der Waals surface area (Å²) in [7, 11) is 1.54. The van der Waals surface area contributed by atoms with Gasteiger partial charge in [0.05, 0.1) is 13.2 Å². The molecule has 1 amide bonds. The third kappa shape index (κ3) is 5.67. The Morgan fingerprint density at radius 2 is 2.00 bits per heavy atom. The number of likely N-dealkylation sites (N-methyl/N-ethyl adjacent to an activating group) is 1. The van der Waals surface area contributed by atoms with Gasteiger partial charge in [0.2, 0.25) is 0 Å². The zero-order valence-corrected chi connectivity index (χ0v) is 9.93. The first kappa shape index (κ1) is 14.9. The topological polar surface area (TPSA) is 76.1 Å². The minimum atomic E-state index is -1.03. The number of aliphatic carboxylic acids is 1. The largest absolute Gasteiger partial charge is 0.480 e. The molecule has 1 unspecified atom stereocenters. The van der Waals surface area contributed by atoms with Crippen LogP contribution in [-0.4, -0.2) is 61.4 Å². The number of nitrogens with zero attached hydrogens (tertiary/aromatic N) is 1. The molecule has 0 aliphatic carbocycles. The van der Waals surface area contributed by atoms with E-state index in [4.69, 9.17) is 14.6 Å². The highest BCUT2D eigenvalue weighted by Gasteiger charge is 2.21. The van der Waals surface area contributed by atoms with Gasteiger partial charge in [0.25, 0.3) is 5.91 Å². The first-order chi connectivity index (χ1) is 7.52. The van der Waals surface area contributed by atoms with Gasteiger partial charge in [-0.15, -0.1) is 0 Å². The maximum Gasteiger partial charge on any atom is 0.323 e. The van der Waals surface area contributed by atoms with E-state index in [1.54, 1.807) is 21.0 Å². The lowest BCUT2D eigenvalue weighted by molar-refractivity contribution is -0.150. The molecule has 1 atom stereocenters. The number of amides is 1. The predicted octanol–water partition coefficient (Wildman–Crippen LogP) is -0.0290. The Bertz CT molecular complexity index is 231. The molecule has 94 valence electrons. The van der Waals surface area contributed by atoms with E-state index in [9.17, 15) is 9.59 Å². The number of carbonyl (C=O) groups is 2. The molecule has 0 heterocycles. The van der Waals surface area contributed by atoms with Crippen LogP contribution < -0.4 is 0 Å². The summed E-state index contributed by atoms with van der Waals surface area (Å²) in [6, 6.07) is 0. The Labute approximate surface area is 95.1 Å². The molecule has 0 fully saturated rings. The van der Waals surface area contributed by atoms with E-state index in [2.05, 4.69) is 0 Å². The fraction of sp³-hybridized carbons (Fsp3) is 0.800. The summed E-state index contributed by atoms with van der Waals surface area (Å²) in [6.45, 7) is 4.10. The Balaban J connectivity index is 4.11. The number of hydrogen-bond acceptors (Lipinski definition) is 4. The van der Waals surface area contributed by atoms with Crippen LogP contribution in [0.25, 0.3) is 0 Å². The van der Waals surface area contributed by atoms with Gasteiger partial charge in [-0.1, -0.05) is 0 Å². The molecular formula is C10H19NO5. The van der Waals surface area contributed by atoms with Crippen LogP contribution in [-0.2, 0) is 19.1 Å². The number of rotatable bonds is 8. The van der Waals surface area contributed by atoms with Crippen molar-refractivity contribution in [3.05, 3.63) is 0 Å². The number of carbonyl (C=O) groups excluding carboxylic acids is 1.